The Morgan fingerprint density at radius 2 is 1.15 bits per heavy atom. The van der Waals surface area contributed by atoms with Gasteiger partial charge in [-0.2, -0.15) is 0 Å². The van der Waals surface area contributed by atoms with Gasteiger partial charge in [-0.15, -0.1) is 0 Å². The third kappa shape index (κ3) is 6.45. The molecular weight excluding hydrogens is 447 g/mol. The van der Waals surface area contributed by atoms with E-state index in [1.165, 1.54) is 27.9 Å². The van der Waals surface area contributed by atoms with Gasteiger partial charge in [-0.3, -0.25) is 0 Å². The minimum absolute atomic E-state index is 0.408. The first-order valence-electron chi connectivity index (χ1n) is 12.6. The Balaban J connectivity index is 2.84. The quantitative estimate of drug-likeness (QED) is 0.245. The average molecular weight is 491 g/mol. The molecule has 0 aromatic heterocycles. The number of hydrogen-bond donors (Lipinski definition) is 0. The van der Waals surface area contributed by atoms with Crippen molar-refractivity contribution < 1.29 is 19.3 Å². The molecule has 2 rings (SSSR count). The van der Waals surface area contributed by atoms with Crippen LogP contribution in [-0.2, 0) is 15.7 Å². The summed E-state index contributed by atoms with van der Waals surface area (Å²) in [6.07, 6.45) is 1.95. The Morgan fingerprint density at radius 3 is 1.52 bits per heavy atom. The topological polar surface area (TPSA) is 15.4 Å². The van der Waals surface area contributed by atoms with E-state index in [0.29, 0.717) is 23.7 Å². The minimum atomic E-state index is 0.408. The van der Waals surface area contributed by atoms with Crippen LogP contribution in [0.2, 0.25) is 0 Å². The average Bonchev–Trinajstić information content (AvgIpc) is 2.75. The van der Waals surface area contributed by atoms with Crippen molar-refractivity contribution in [3.63, 3.8) is 0 Å². The van der Waals surface area contributed by atoms with Gasteiger partial charge >= 0.3 is 212 Å². The molecule has 0 N–H and O–H groups in total. The fraction of sp³-hybridized carbons (Fsp3) is 0.533. The van der Waals surface area contributed by atoms with E-state index in [1.54, 1.807) is 0 Å². The number of hydrogen-bond acceptors (Lipinski definition) is 1. The Labute approximate surface area is 211 Å². The van der Waals surface area contributed by atoms with Gasteiger partial charge in [0, 0.05) is 0 Å². The van der Waals surface area contributed by atoms with Gasteiger partial charge in [0.1, 0.15) is 0 Å². The summed E-state index contributed by atoms with van der Waals surface area (Å²) in [5.74, 6) is 1.65. The molecule has 0 radical (unpaired) electrons. The van der Waals surface area contributed by atoms with Crippen molar-refractivity contribution in [2.45, 2.75) is 106 Å². The second-order valence-electron chi connectivity index (χ2n) is 10.3. The van der Waals surface area contributed by atoms with E-state index >= 15 is 0 Å². The van der Waals surface area contributed by atoms with Crippen LogP contribution in [0.4, 0.5) is 11.4 Å². The fourth-order valence-corrected chi connectivity index (χ4v) is 4.90. The molecule has 0 aliphatic carbocycles. The molecule has 3 heteroatoms. The molecule has 0 amide bonds. The molecule has 0 aliphatic rings. The molecule has 0 aliphatic heterocycles. The summed E-state index contributed by atoms with van der Waals surface area (Å²) in [7, 11) is 0. The molecule has 0 bridgehead atoms. The first kappa shape index (κ1) is 27.5. The summed E-state index contributed by atoms with van der Waals surface area (Å²) in [5.41, 5.74) is 9.76. The first-order valence-corrected chi connectivity index (χ1v) is 13.0. The zero-order chi connectivity index (χ0) is 24.9. The summed E-state index contributed by atoms with van der Waals surface area (Å²) >= 11 is 5.79. The molecular formula is C30H44N2Ni+3. The maximum absolute atomic E-state index is 5.79. The third-order valence-electron chi connectivity index (χ3n) is 6.27. The number of benzene rings is 2. The van der Waals surface area contributed by atoms with Crippen LogP contribution >= 0.6 is 0 Å². The van der Waals surface area contributed by atoms with Crippen molar-refractivity contribution in [1.29, 1.82) is 0 Å². The van der Waals surface area contributed by atoms with Crippen molar-refractivity contribution in [2.24, 2.45) is 4.99 Å². The number of nitrogens with zero attached hydrogens (tertiary/aromatic N) is 2. The molecule has 2 nitrogen and oxygen atoms in total. The van der Waals surface area contributed by atoms with Crippen LogP contribution in [0.5, 0.6) is 0 Å². The number of aliphatic imine (C=N–C) groups is 1. The van der Waals surface area contributed by atoms with Crippen LogP contribution in [0, 0.1) is 0 Å². The van der Waals surface area contributed by atoms with Crippen molar-refractivity contribution in [3.05, 3.63) is 58.7 Å². The van der Waals surface area contributed by atoms with Crippen LogP contribution in [0.15, 0.2) is 41.4 Å². The molecule has 0 heterocycles. The van der Waals surface area contributed by atoms with Gasteiger partial charge in [-0.05, 0) is 0 Å². The molecule has 2 aromatic rings. The summed E-state index contributed by atoms with van der Waals surface area (Å²) in [6, 6.07) is 13.3. The van der Waals surface area contributed by atoms with Crippen LogP contribution in [0.25, 0.3) is 0 Å². The maximum atomic E-state index is 5.79. The fourth-order valence-electron chi connectivity index (χ4n) is 4.37. The summed E-state index contributed by atoms with van der Waals surface area (Å²) < 4.78 is 2.07. The number of rotatable bonds is 9. The molecule has 0 atom stereocenters. The van der Waals surface area contributed by atoms with Crippen LogP contribution < -0.4 is 0 Å². The molecule has 0 fully saturated rings. The van der Waals surface area contributed by atoms with E-state index in [2.05, 4.69) is 109 Å². The van der Waals surface area contributed by atoms with Gasteiger partial charge in [0.05, 0.1) is 0 Å². The molecule has 0 spiro atoms. The molecule has 0 saturated carbocycles. The summed E-state index contributed by atoms with van der Waals surface area (Å²) in [5, 5.41) is 0. The second-order valence-corrected chi connectivity index (χ2v) is 10.8. The van der Waals surface area contributed by atoms with Crippen LogP contribution in [0.3, 0.4) is 0 Å². The summed E-state index contributed by atoms with van der Waals surface area (Å²) in [4.78, 5) is 5.29. The van der Waals surface area contributed by atoms with E-state index in [0.717, 1.165) is 30.0 Å². The van der Waals surface area contributed by atoms with E-state index in [-0.39, 0.29) is 0 Å². The van der Waals surface area contributed by atoms with Gasteiger partial charge in [0.15, 0.2) is 0 Å². The second kappa shape index (κ2) is 12.1. The zero-order valence-corrected chi connectivity index (χ0v) is 23.4. The van der Waals surface area contributed by atoms with Crippen molar-refractivity contribution in [2.75, 3.05) is 0 Å². The zero-order valence-electron chi connectivity index (χ0n) is 22.4. The molecule has 0 unspecified atom stereocenters. The van der Waals surface area contributed by atoms with E-state index < -0.39 is 0 Å². The van der Waals surface area contributed by atoms with E-state index in [4.69, 9.17) is 20.7 Å². The van der Waals surface area contributed by atoms with Crippen molar-refractivity contribution in [3.8, 4) is 0 Å². The molecule has 2 aromatic carbocycles. The van der Waals surface area contributed by atoms with Gasteiger partial charge in [-0.1, -0.05) is 0 Å². The predicted molar refractivity (Wildman–Crippen MR) is 142 cm³/mol. The first-order chi connectivity index (χ1) is 15.5. The van der Waals surface area contributed by atoms with Crippen LogP contribution in [-0.4, -0.2) is 15.1 Å². The Bertz CT molecular complexity index is 957. The van der Waals surface area contributed by atoms with Crippen molar-refractivity contribution in [1.82, 2.24) is 0 Å². The van der Waals surface area contributed by atoms with Gasteiger partial charge in [0.2, 0.25) is 0 Å². The van der Waals surface area contributed by atoms with Crippen molar-refractivity contribution >= 4 is 22.8 Å². The molecule has 33 heavy (non-hydrogen) atoms. The van der Waals surface area contributed by atoms with Gasteiger partial charge in [-0.25, -0.2) is 0 Å². The predicted octanol–water partition coefficient (Wildman–Crippen LogP) is 9.32. The van der Waals surface area contributed by atoms with E-state index in [9.17, 15) is 0 Å². The normalized spacial score (nSPS) is 13.5. The van der Waals surface area contributed by atoms with Crippen LogP contribution in [0.1, 0.15) is 128 Å². The van der Waals surface area contributed by atoms with E-state index in [1.807, 2.05) is 0 Å². The monoisotopic (exact) mass is 490 g/mol. The molecule has 0 saturated heterocycles. The standard InChI is InChI=1S/C30H44N2.Ni/c1-11-14-28(32-30-26(21(6)7)17-13-18-27(30)22(8)9)23(10)31-29-24(19(2)3)15-12-16-25(29)20(4)5;/h12-13,15-22H,11,14H2,1-10H3;/q;+3. The Morgan fingerprint density at radius 1 is 0.758 bits per heavy atom. The third-order valence-corrected chi connectivity index (χ3v) is 6.76. The Kier molecular flexibility index (Phi) is 10.1. The van der Waals surface area contributed by atoms with Gasteiger partial charge < -0.3 is 0 Å². The Hall–Kier alpha value is -1.73. The van der Waals surface area contributed by atoms with Gasteiger partial charge in [0.25, 0.3) is 0 Å². The molecule has 181 valence electrons. The number of para-hydroxylation sites is 2. The SMILES string of the molecule is CCCC(C(C)=Nc1c(C(C)C)cccc1C(C)C)=[N+]([Ni+2])c1c(C(C)C)cccc1C(C)C. The summed E-state index contributed by atoms with van der Waals surface area (Å²) in [6.45, 7) is 22.4.